The fraction of sp³-hybridized carbons (Fsp3) is 0.0769. The summed E-state index contributed by atoms with van der Waals surface area (Å²) in [6.07, 6.45) is 4.86. The molecule has 67 heavy (non-hydrogen) atoms. The van der Waals surface area contributed by atoms with E-state index in [1.165, 1.54) is 120 Å². The van der Waals surface area contributed by atoms with Crippen molar-refractivity contribution in [2.45, 2.75) is 31.1 Å². The Balaban J connectivity index is 1.07. The third kappa shape index (κ3) is 6.24. The zero-order valence-corrected chi connectivity index (χ0v) is 37.3. The molecule has 13 rings (SSSR count). The highest BCUT2D eigenvalue weighted by atomic mass is 15.1. The number of para-hydroxylation sites is 4. The summed E-state index contributed by atoms with van der Waals surface area (Å²) in [5.74, 6) is 0. The lowest BCUT2D eigenvalue weighted by atomic mass is 9.77. The molecule has 2 heteroatoms. The van der Waals surface area contributed by atoms with Gasteiger partial charge in [-0.05, 0) is 105 Å². The number of hydrogen-bond acceptors (Lipinski definition) is 1. The molecule has 0 saturated heterocycles. The van der Waals surface area contributed by atoms with Crippen LogP contribution in [0.15, 0.2) is 243 Å². The number of nitrogens with zero attached hydrogens (tertiary/aromatic N) is 2. The molecule has 1 spiro atoms. The molecule has 1 saturated carbocycles. The Bertz CT molecular complexity index is 3650. The maximum absolute atomic E-state index is 2.58. The maximum atomic E-state index is 2.58. The van der Waals surface area contributed by atoms with Crippen LogP contribution in [0.25, 0.3) is 83.1 Å². The lowest BCUT2D eigenvalue weighted by molar-refractivity contribution is 0.550. The SMILES string of the molecule is c1ccc(-c2ccccc2-c2ccccc2-c2ccccc2N(c2cccc(-c3cccc4c5ccccc5n(-c5ccccc5)c34)c2)c2cccc3c2-c2ccccc2C32CCCC2)cc1. The third-order valence-corrected chi connectivity index (χ3v) is 14.8. The molecule has 2 nitrogen and oxygen atoms in total. The number of anilines is 3. The van der Waals surface area contributed by atoms with Gasteiger partial charge in [-0.2, -0.15) is 0 Å². The molecule has 2 aliphatic rings. The summed E-state index contributed by atoms with van der Waals surface area (Å²) in [5, 5.41) is 2.50. The van der Waals surface area contributed by atoms with Crippen LogP contribution in [0.5, 0.6) is 0 Å². The minimum absolute atomic E-state index is 0.0310. The molecular formula is C65H48N2. The first-order chi connectivity index (χ1) is 33.3. The zero-order chi connectivity index (χ0) is 44.3. The number of benzene rings is 10. The average molecular weight is 857 g/mol. The molecule has 0 bridgehead atoms. The van der Waals surface area contributed by atoms with Gasteiger partial charge in [0.1, 0.15) is 0 Å². The first-order valence-corrected chi connectivity index (χ1v) is 23.8. The van der Waals surface area contributed by atoms with E-state index in [1.54, 1.807) is 0 Å². The molecule has 11 aromatic rings. The standard InChI is InChI=1S/C65H48N2/c1-3-22-45(23-4-1)49-28-7-8-29-51(49)52-30-9-10-31-53(52)54-32-12-15-39-60(54)66(62-41-21-38-59-63(62)57-34-11-14-37-58(57)65(59)42-17-18-43-65)48-27-19-24-46(44-48)50-35-20-36-56-55-33-13-16-40-61(55)67(64(50)56)47-25-5-2-6-26-47/h1-16,19-41,44H,17-18,42-43H2. The molecule has 318 valence electrons. The summed E-state index contributed by atoms with van der Waals surface area (Å²) in [6, 6.07) is 89.9. The second-order valence-corrected chi connectivity index (χ2v) is 18.3. The Hall–Kier alpha value is -8.20. The Kier molecular flexibility index (Phi) is 9.39. The first-order valence-electron chi connectivity index (χ1n) is 23.8. The zero-order valence-electron chi connectivity index (χ0n) is 37.3. The van der Waals surface area contributed by atoms with E-state index in [4.69, 9.17) is 0 Å². The normalized spacial score (nSPS) is 13.6. The van der Waals surface area contributed by atoms with Crippen LogP contribution < -0.4 is 4.90 Å². The lowest BCUT2D eigenvalue weighted by Gasteiger charge is -2.32. The van der Waals surface area contributed by atoms with Crippen molar-refractivity contribution in [3.05, 3.63) is 254 Å². The smallest absolute Gasteiger partial charge is 0.0619 e. The molecule has 1 aromatic heterocycles. The van der Waals surface area contributed by atoms with Crippen molar-refractivity contribution in [3.63, 3.8) is 0 Å². The van der Waals surface area contributed by atoms with E-state index in [2.05, 4.69) is 252 Å². The van der Waals surface area contributed by atoms with Gasteiger partial charge in [-0.25, -0.2) is 0 Å². The number of fused-ring (bicyclic) bond motifs is 8. The van der Waals surface area contributed by atoms with Crippen LogP contribution in [0.2, 0.25) is 0 Å². The number of rotatable bonds is 8. The molecule has 10 aromatic carbocycles. The topological polar surface area (TPSA) is 8.17 Å². The third-order valence-electron chi connectivity index (χ3n) is 14.8. The predicted octanol–water partition coefficient (Wildman–Crippen LogP) is 17.8. The van der Waals surface area contributed by atoms with Crippen molar-refractivity contribution in [3.8, 4) is 61.3 Å². The van der Waals surface area contributed by atoms with Gasteiger partial charge in [0.15, 0.2) is 0 Å². The van der Waals surface area contributed by atoms with Gasteiger partial charge >= 0.3 is 0 Å². The van der Waals surface area contributed by atoms with Crippen molar-refractivity contribution < 1.29 is 0 Å². The molecular weight excluding hydrogens is 809 g/mol. The molecule has 0 amide bonds. The largest absolute Gasteiger partial charge is 0.309 e. The second-order valence-electron chi connectivity index (χ2n) is 18.3. The minimum Gasteiger partial charge on any atom is -0.309 e. The second kappa shape index (κ2) is 16.0. The van der Waals surface area contributed by atoms with Crippen LogP contribution in [0.4, 0.5) is 17.1 Å². The fourth-order valence-electron chi connectivity index (χ4n) is 11.9. The van der Waals surface area contributed by atoms with Crippen LogP contribution in [-0.4, -0.2) is 4.57 Å². The Morgan fingerprint density at radius 3 is 1.67 bits per heavy atom. The van der Waals surface area contributed by atoms with Crippen LogP contribution in [0, 0.1) is 0 Å². The van der Waals surface area contributed by atoms with E-state index >= 15 is 0 Å². The van der Waals surface area contributed by atoms with Crippen molar-refractivity contribution in [1.29, 1.82) is 0 Å². The van der Waals surface area contributed by atoms with E-state index in [0.717, 1.165) is 17.1 Å². The Morgan fingerprint density at radius 2 is 0.881 bits per heavy atom. The van der Waals surface area contributed by atoms with Gasteiger partial charge < -0.3 is 9.47 Å². The molecule has 2 aliphatic carbocycles. The minimum atomic E-state index is 0.0310. The van der Waals surface area contributed by atoms with Gasteiger partial charge in [0.05, 0.1) is 22.4 Å². The van der Waals surface area contributed by atoms with Gasteiger partial charge in [0.25, 0.3) is 0 Å². The van der Waals surface area contributed by atoms with Gasteiger partial charge in [-0.3, -0.25) is 0 Å². The van der Waals surface area contributed by atoms with Gasteiger partial charge in [0.2, 0.25) is 0 Å². The highest BCUT2D eigenvalue weighted by Crippen LogP contribution is 2.60. The van der Waals surface area contributed by atoms with E-state index in [-0.39, 0.29) is 5.41 Å². The van der Waals surface area contributed by atoms with Crippen molar-refractivity contribution in [1.82, 2.24) is 4.57 Å². The summed E-state index contributed by atoms with van der Waals surface area (Å²) >= 11 is 0. The van der Waals surface area contributed by atoms with E-state index in [9.17, 15) is 0 Å². The van der Waals surface area contributed by atoms with Crippen molar-refractivity contribution in [2.24, 2.45) is 0 Å². The summed E-state index contributed by atoms with van der Waals surface area (Å²) < 4.78 is 2.45. The van der Waals surface area contributed by atoms with Crippen molar-refractivity contribution >= 4 is 38.9 Å². The van der Waals surface area contributed by atoms with E-state index in [1.807, 2.05) is 0 Å². The molecule has 0 unspecified atom stereocenters. The van der Waals surface area contributed by atoms with Gasteiger partial charge in [0, 0.05) is 44.3 Å². The molecule has 0 aliphatic heterocycles. The molecule has 0 N–H and O–H groups in total. The van der Waals surface area contributed by atoms with Crippen LogP contribution in [-0.2, 0) is 5.41 Å². The highest BCUT2D eigenvalue weighted by molar-refractivity contribution is 6.14. The molecule has 1 fully saturated rings. The summed E-state index contributed by atoms with van der Waals surface area (Å²) in [7, 11) is 0. The van der Waals surface area contributed by atoms with Crippen LogP contribution in [0.1, 0.15) is 36.8 Å². The summed E-state index contributed by atoms with van der Waals surface area (Å²) in [5.41, 5.74) is 22.3. The van der Waals surface area contributed by atoms with Crippen LogP contribution >= 0.6 is 0 Å². The van der Waals surface area contributed by atoms with Gasteiger partial charge in [-0.1, -0.05) is 213 Å². The predicted molar refractivity (Wildman–Crippen MR) is 282 cm³/mol. The number of hydrogen-bond donors (Lipinski definition) is 0. The molecule has 0 atom stereocenters. The maximum Gasteiger partial charge on any atom is 0.0619 e. The molecule has 1 heterocycles. The highest BCUT2D eigenvalue weighted by Gasteiger charge is 2.46. The quantitative estimate of drug-likeness (QED) is 0.148. The van der Waals surface area contributed by atoms with Gasteiger partial charge in [-0.15, -0.1) is 0 Å². The first kappa shape index (κ1) is 39.2. The fourth-order valence-corrected chi connectivity index (χ4v) is 11.9. The Labute approximate surface area is 392 Å². The van der Waals surface area contributed by atoms with E-state index < -0.39 is 0 Å². The lowest BCUT2D eigenvalue weighted by Crippen LogP contribution is -2.20. The van der Waals surface area contributed by atoms with E-state index in [0.29, 0.717) is 0 Å². The Morgan fingerprint density at radius 1 is 0.358 bits per heavy atom. The average Bonchev–Trinajstić information content (AvgIpc) is 4.11. The summed E-state index contributed by atoms with van der Waals surface area (Å²) in [4.78, 5) is 2.58. The molecule has 0 radical (unpaired) electrons. The van der Waals surface area contributed by atoms with Crippen molar-refractivity contribution in [2.75, 3.05) is 4.90 Å². The number of aromatic nitrogens is 1. The summed E-state index contributed by atoms with van der Waals surface area (Å²) in [6.45, 7) is 0. The monoisotopic (exact) mass is 856 g/mol. The van der Waals surface area contributed by atoms with Crippen LogP contribution in [0.3, 0.4) is 0 Å².